The molecular formula is C28H33ClN6O3. The van der Waals surface area contributed by atoms with Crippen molar-refractivity contribution in [1.29, 1.82) is 0 Å². The third-order valence-corrected chi connectivity index (χ3v) is 7.77. The summed E-state index contributed by atoms with van der Waals surface area (Å²) in [4.78, 5) is 33.7. The quantitative estimate of drug-likeness (QED) is 0.440. The van der Waals surface area contributed by atoms with Crippen LogP contribution in [0.25, 0.3) is 10.8 Å². The van der Waals surface area contributed by atoms with Gasteiger partial charge in [-0.25, -0.2) is 9.78 Å². The topological polar surface area (TPSA) is 83.9 Å². The van der Waals surface area contributed by atoms with Crippen molar-refractivity contribution >= 4 is 40.1 Å². The van der Waals surface area contributed by atoms with E-state index in [2.05, 4.69) is 26.9 Å². The van der Waals surface area contributed by atoms with Gasteiger partial charge in [-0.1, -0.05) is 35.9 Å². The van der Waals surface area contributed by atoms with Crippen molar-refractivity contribution in [3.05, 3.63) is 46.7 Å². The first-order chi connectivity index (χ1) is 18.2. The normalized spacial score (nSPS) is 21.0. The Morgan fingerprint density at radius 2 is 1.76 bits per heavy atom. The molecule has 0 radical (unpaired) electrons. The van der Waals surface area contributed by atoms with E-state index in [0.29, 0.717) is 30.8 Å². The number of hydrogen-bond donors (Lipinski definition) is 0. The van der Waals surface area contributed by atoms with Crippen LogP contribution >= 0.6 is 11.6 Å². The molecule has 2 atom stereocenters. The van der Waals surface area contributed by atoms with Crippen LogP contribution in [-0.2, 0) is 17.7 Å². The number of halogens is 1. The van der Waals surface area contributed by atoms with Crippen LogP contribution in [0.2, 0.25) is 5.15 Å². The maximum Gasteiger partial charge on any atom is 0.410 e. The second kappa shape index (κ2) is 9.45. The number of aromatic nitrogens is 3. The Balaban J connectivity index is 1.29. The Hall–Kier alpha value is -3.33. The van der Waals surface area contributed by atoms with Crippen LogP contribution in [0.3, 0.4) is 0 Å². The molecule has 0 saturated carbocycles. The van der Waals surface area contributed by atoms with Gasteiger partial charge in [0.25, 0.3) is 0 Å². The molecule has 2 fully saturated rings. The van der Waals surface area contributed by atoms with Crippen LogP contribution in [0.5, 0.6) is 6.01 Å². The van der Waals surface area contributed by atoms with Gasteiger partial charge < -0.3 is 19.3 Å². The standard InChI is InChI=1S/C28H33ClN6O3/c1-28(2,3)38-27(36)35-18-9-10-19(35)15-34(14-18)25-21-11-12-33(16-22(21)30-26(32-25)37-4)24-20-8-6-5-7-17(20)13-23(29)31-24/h5-8,13,18-19H,9-12,14-16H2,1-4H3. The predicted molar refractivity (Wildman–Crippen MR) is 147 cm³/mol. The van der Waals surface area contributed by atoms with E-state index >= 15 is 0 Å². The molecule has 9 nitrogen and oxygen atoms in total. The minimum Gasteiger partial charge on any atom is -0.467 e. The zero-order valence-electron chi connectivity index (χ0n) is 22.3. The van der Waals surface area contributed by atoms with Gasteiger partial charge in [0.05, 0.1) is 31.4 Å². The van der Waals surface area contributed by atoms with Crippen molar-refractivity contribution < 1.29 is 14.3 Å². The molecular weight excluding hydrogens is 504 g/mol. The maximum atomic E-state index is 13.0. The SMILES string of the molecule is COc1nc2c(c(N3CC4CCC(C3)N4C(=O)OC(C)(C)C)n1)CCN(c1nc(Cl)cc3ccccc13)C2. The molecule has 2 unspecified atom stereocenters. The molecule has 3 aliphatic heterocycles. The van der Waals surface area contributed by atoms with Crippen LogP contribution in [0.4, 0.5) is 16.4 Å². The smallest absolute Gasteiger partial charge is 0.410 e. The van der Waals surface area contributed by atoms with Gasteiger partial charge in [-0.15, -0.1) is 0 Å². The summed E-state index contributed by atoms with van der Waals surface area (Å²) in [5.74, 6) is 1.78. The summed E-state index contributed by atoms with van der Waals surface area (Å²) in [7, 11) is 1.60. The summed E-state index contributed by atoms with van der Waals surface area (Å²) in [6, 6.07) is 10.6. The number of pyridine rings is 1. The number of carbonyl (C=O) groups excluding carboxylic acids is 1. The van der Waals surface area contributed by atoms with Crippen LogP contribution in [-0.4, -0.2) is 70.4 Å². The summed E-state index contributed by atoms with van der Waals surface area (Å²) >= 11 is 6.39. The van der Waals surface area contributed by atoms with Crippen LogP contribution in [0.15, 0.2) is 30.3 Å². The number of methoxy groups -OCH3 is 1. The molecule has 200 valence electrons. The molecule has 3 aromatic rings. The van der Waals surface area contributed by atoms with E-state index in [1.54, 1.807) is 7.11 Å². The number of hydrogen-bond acceptors (Lipinski definition) is 8. The van der Waals surface area contributed by atoms with Crippen molar-refractivity contribution in [3.63, 3.8) is 0 Å². The predicted octanol–water partition coefficient (Wildman–Crippen LogP) is 4.84. The minimum absolute atomic E-state index is 0.0994. The van der Waals surface area contributed by atoms with Gasteiger partial charge in [-0.2, -0.15) is 9.97 Å². The number of amides is 1. The first kappa shape index (κ1) is 25.0. The van der Waals surface area contributed by atoms with Gasteiger partial charge in [0.1, 0.15) is 22.4 Å². The van der Waals surface area contributed by atoms with Crippen molar-refractivity contribution in [2.45, 2.75) is 64.3 Å². The van der Waals surface area contributed by atoms with E-state index in [1.807, 2.05) is 43.9 Å². The monoisotopic (exact) mass is 536 g/mol. The lowest BCUT2D eigenvalue weighted by Gasteiger charge is -2.43. The molecule has 38 heavy (non-hydrogen) atoms. The van der Waals surface area contributed by atoms with Gasteiger partial charge in [0.2, 0.25) is 0 Å². The third-order valence-electron chi connectivity index (χ3n) is 7.58. The number of piperazine rings is 1. The summed E-state index contributed by atoms with van der Waals surface area (Å²) in [6.45, 7) is 8.52. The average Bonchev–Trinajstić information content (AvgIpc) is 3.15. The summed E-state index contributed by atoms with van der Waals surface area (Å²) in [5, 5.41) is 2.60. The number of carbonyl (C=O) groups is 1. The van der Waals surface area contributed by atoms with Crippen LogP contribution in [0.1, 0.15) is 44.9 Å². The molecule has 1 amide bonds. The number of rotatable bonds is 3. The van der Waals surface area contributed by atoms with Crippen LogP contribution in [0, 0.1) is 0 Å². The van der Waals surface area contributed by atoms with E-state index in [1.165, 1.54) is 0 Å². The second-order valence-corrected chi connectivity index (χ2v) is 11.7. The molecule has 0 aliphatic carbocycles. The highest BCUT2D eigenvalue weighted by Gasteiger charge is 2.45. The highest BCUT2D eigenvalue weighted by Crippen LogP contribution is 2.38. The lowest BCUT2D eigenvalue weighted by atomic mass is 10.0. The molecule has 1 aromatic carbocycles. The molecule has 0 N–H and O–H groups in total. The highest BCUT2D eigenvalue weighted by atomic mass is 35.5. The lowest BCUT2D eigenvalue weighted by Crippen LogP contribution is -2.57. The molecule has 2 bridgehead atoms. The average molecular weight is 537 g/mol. The number of nitrogens with zero attached hydrogens (tertiary/aromatic N) is 6. The van der Waals surface area contributed by atoms with E-state index in [0.717, 1.165) is 59.5 Å². The number of fused-ring (bicyclic) bond motifs is 4. The Kier molecular flexibility index (Phi) is 6.21. The molecule has 10 heteroatoms. The summed E-state index contributed by atoms with van der Waals surface area (Å²) < 4.78 is 11.3. The van der Waals surface area contributed by atoms with E-state index in [9.17, 15) is 4.79 Å². The molecule has 2 aromatic heterocycles. The molecule has 3 aliphatic rings. The largest absolute Gasteiger partial charge is 0.467 e. The van der Waals surface area contributed by atoms with Crippen molar-refractivity contribution in [2.75, 3.05) is 36.5 Å². The fourth-order valence-corrected chi connectivity index (χ4v) is 6.20. The molecule has 5 heterocycles. The van der Waals surface area contributed by atoms with Gasteiger partial charge in [0.15, 0.2) is 0 Å². The van der Waals surface area contributed by atoms with Gasteiger partial charge in [-0.3, -0.25) is 4.90 Å². The Labute approximate surface area is 227 Å². The minimum atomic E-state index is -0.512. The number of anilines is 2. The lowest BCUT2D eigenvalue weighted by molar-refractivity contribution is 0.0122. The fourth-order valence-electron chi connectivity index (χ4n) is 6.00. The zero-order valence-corrected chi connectivity index (χ0v) is 23.0. The van der Waals surface area contributed by atoms with E-state index < -0.39 is 5.60 Å². The first-order valence-corrected chi connectivity index (χ1v) is 13.6. The summed E-state index contributed by atoms with van der Waals surface area (Å²) in [6.07, 6.45) is 2.49. The van der Waals surface area contributed by atoms with Gasteiger partial charge in [0, 0.05) is 30.6 Å². The van der Waals surface area contributed by atoms with Gasteiger partial charge >= 0.3 is 12.1 Å². The third kappa shape index (κ3) is 4.57. The maximum absolute atomic E-state index is 13.0. The Morgan fingerprint density at radius 3 is 2.47 bits per heavy atom. The van der Waals surface area contributed by atoms with E-state index in [4.69, 9.17) is 31.0 Å². The van der Waals surface area contributed by atoms with Gasteiger partial charge in [-0.05, 0) is 51.5 Å². The first-order valence-electron chi connectivity index (χ1n) is 13.2. The molecule has 0 spiro atoms. The second-order valence-electron chi connectivity index (χ2n) is 11.3. The number of ether oxygens (including phenoxy) is 2. The summed E-state index contributed by atoms with van der Waals surface area (Å²) in [5.41, 5.74) is 1.56. The van der Waals surface area contributed by atoms with Crippen molar-refractivity contribution in [3.8, 4) is 6.01 Å². The highest BCUT2D eigenvalue weighted by molar-refractivity contribution is 6.30. The zero-order chi connectivity index (χ0) is 26.6. The fraction of sp³-hybridized carbons (Fsp3) is 0.500. The Bertz CT molecular complexity index is 1380. The molecule has 6 rings (SSSR count). The van der Waals surface area contributed by atoms with Crippen molar-refractivity contribution in [2.24, 2.45) is 0 Å². The molecule has 2 saturated heterocycles. The number of benzene rings is 1. The Morgan fingerprint density at radius 1 is 1.03 bits per heavy atom. The van der Waals surface area contributed by atoms with Crippen molar-refractivity contribution in [1.82, 2.24) is 19.9 Å². The van der Waals surface area contributed by atoms with E-state index in [-0.39, 0.29) is 18.2 Å². The van der Waals surface area contributed by atoms with Crippen LogP contribution < -0.4 is 14.5 Å².